The molecule has 0 aliphatic heterocycles. The standard InChI is InChI=1S/C54H58/c1-51(2,3)36-22-25-41-45(31-36)46-32-37(52(4,5)6)23-26-42(46)49(41)34-21-24-43-47(29-34)50-40(19-16-20-44(50)48(43)33-17-14-13-15-18-33)35-27-38(53(7,8)9)30-39(28-35)54(10,11)12/h13-32,48-49H,1-12H3. The van der Waals surface area contributed by atoms with E-state index in [2.05, 4.69) is 204 Å². The molecule has 0 fully saturated rings. The maximum atomic E-state index is 2.57. The van der Waals surface area contributed by atoms with Gasteiger partial charge in [-0.1, -0.05) is 198 Å². The van der Waals surface area contributed by atoms with Gasteiger partial charge in [0.25, 0.3) is 0 Å². The molecule has 8 rings (SSSR count). The highest BCUT2D eigenvalue weighted by molar-refractivity contribution is 5.93. The zero-order valence-electron chi connectivity index (χ0n) is 34.7. The van der Waals surface area contributed by atoms with E-state index < -0.39 is 0 Å². The van der Waals surface area contributed by atoms with E-state index in [1.807, 2.05) is 0 Å². The monoisotopic (exact) mass is 706 g/mol. The fourth-order valence-electron chi connectivity index (χ4n) is 8.94. The molecule has 0 N–H and O–H groups in total. The summed E-state index contributed by atoms with van der Waals surface area (Å²) in [5.74, 6) is 0.358. The van der Waals surface area contributed by atoms with Gasteiger partial charge in [0.2, 0.25) is 0 Å². The van der Waals surface area contributed by atoms with Gasteiger partial charge in [0.05, 0.1) is 0 Å². The van der Waals surface area contributed by atoms with E-state index in [0.717, 1.165) is 0 Å². The van der Waals surface area contributed by atoms with Gasteiger partial charge in [-0.05, 0) is 117 Å². The zero-order chi connectivity index (χ0) is 38.5. The Morgan fingerprint density at radius 1 is 0.315 bits per heavy atom. The van der Waals surface area contributed by atoms with E-state index in [1.54, 1.807) is 0 Å². The number of hydrogen-bond donors (Lipinski definition) is 0. The van der Waals surface area contributed by atoms with Crippen LogP contribution < -0.4 is 0 Å². The first-order valence-corrected chi connectivity index (χ1v) is 20.1. The first-order valence-electron chi connectivity index (χ1n) is 20.1. The second-order valence-electron chi connectivity index (χ2n) is 20.3. The van der Waals surface area contributed by atoms with Crippen molar-refractivity contribution < 1.29 is 0 Å². The van der Waals surface area contributed by atoms with Gasteiger partial charge in [0, 0.05) is 11.8 Å². The van der Waals surface area contributed by atoms with Crippen molar-refractivity contribution in [1.29, 1.82) is 0 Å². The molecule has 0 nitrogen and oxygen atoms in total. The number of rotatable bonds is 3. The van der Waals surface area contributed by atoms with Crippen molar-refractivity contribution in [3.8, 4) is 33.4 Å². The van der Waals surface area contributed by atoms with Gasteiger partial charge < -0.3 is 0 Å². The van der Waals surface area contributed by atoms with Crippen molar-refractivity contribution in [2.75, 3.05) is 0 Å². The third-order valence-corrected chi connectivity index (χ3v) is 12.3. The van der Waals surface area contributed by atoms with Gasteiger partial charge in [-0.3, -0.25) is 0 Å². The third-order valence-electron chi connectivity index (χ3n) is 12.3. The predicted octanol–water partition coefficient (Wildman–Crippen LogP) is 14.9. The molecule has 0 bridgehead atoms. The van der Waals surface area contributed by atoms with Crippen molar-refractivity contribution in [3.63, 3.8) is 0 Å². The average molecular weight is 707 g/mol. The maximum absolute atomic E-state index is 2.57. The van der Waals surface area contributed by atoms with Crippen LogP contribution in [0.25, 0.3) is 33.4 Å². The van der Waals surface area contributed by atoms with Crippen LogP contribution in [0.2, 0.25) is 0 Å². The molecule has 0 saturated carbocycles. The first-order chi connectivity index (χ1) is 25.3. The molecular weight excluding hydrogens is 649 g/mol. The molecule has 6 aromatic rings. The summed E-state index contributed by atoms with van der Waals surface area (Å²) in [6.45, 7) is 28.0. The lowest BCUT2D eigenvalue weighted by molar-refractivity contribution is 0.569. The lowest BCUT2D eigenvalue weighted by atomic mass is 9.78. The number of fused-ring (bicyclic) bond motifs is 6. The molecule has 2 aliphatic rings. The van der Waals surface area contributed by atoms with E-state index in [1.165, 1.54) is 89.0 Å². The topological polar surface area (TPSA) is 0 Å². The molecule has 0 aromatic heterocycles. The molecule has 1 unspecified atom stereocenters. The highest BCUT2D eigenvalue weighted by Crippen LogP contribution is 2.55. The summed E-state index contributed by atoms with van der Waals surface area (Å²) in [7, 11) is 0. The summed E-state index contributed by atoms with van der Waals surface area (Å²) in [4.78, 5) is 0. The third kappa shape index (κ3) is 6.17. The molecule has 1 atom stereocenters. The number of hydrogen-bond acceptors (Lipinski definition) is 0. The van der Waals surface area contributed by atoms with E-state index >= 15 is 0 Å². The second-order valence-corrected chi connectivity index (χ2v) is 20.3. The van der Waals surface area contributed by atoms with Crippen LogP contribution in [0.4, 0.5) is 0 Å². The van der Waals surface area contributed by atoms with Gasteiger partial charge in [-0.15, -0.1) is 0 Å². The minimum atomic E-state index is 0.0363. The lowest BCUT2D eigenvalue weighted by Gasteiger charge is -2.27. The fraction of sp³-hybridized carbons (Fsp3) is 0.333. The molecule has 0 heterocycles. The van der Waals surface area contributed by atoms with Crippen molar-refractivity contribution >= 4 is 0 Å². The summed E-state index contributed by atoms with van der Waals surface area (Å²) in [5.41, 5.74) is 22.3. The molecule has 2 aliphatic carbocycles. The normalized spacial score (nSPS) is 15.5. The van der Waals surface area contributed by atoms with Crippen molar-refractivity contribution in [3.05, 3.63) is 177 Å². The molecule has 0 saturated heterocycles. The summed E-state index contributed by atoms with van der Waals surface area (Å²) >= 11 is 0. The van der Waals surface area contributed by atoms with Crippen LogP contribution in [0.1, 0.15) is 151 Å². The molecular formula is C54H58. The van der Waals surface area contributed by atoms with Crippen LogP contribution in [0.15, 0.2) is 121 Å². The molecule has 274 valence electrons. The van der Waals surface area contributed by atoms with Gasteiger partial charge in [0.1, 0.15) is 0 Å². The Labute approximate surface area is 325 Å². The van der Waals surface area contributed by atoms with Crippen LogP contribution in [0.5, 0.6) is 0 Å². The largest absolute Gasteiger partial charge is 0.0622 e. The van der Waals surface area contributed by atoms with Crippen molar-refractivity contribution in [1.82, 2.24) is 0 Å². The molecule has 6 aromatic carbocycles. The average Bonchev–Trinajstić information content (AvgIpc) is 3.62. The van der Waals surface area contributed by atoms with Gasteiger partial charge in [0.15, 0.2) is 0 Å². The van der Waals surface area contributed by atoms with E-state index in [0.29, 0.717) is 0 Å². The van der Waals surface area contributed by atoms with Crippen molar-refractivity contribution in [2.24, 2.45) is 0 Å². The summed E-state index contributed by atoms with van der Waals surface area (Å²) in [5, 5.41) is 0. The van der Waals surface area contributed by atoms with Crippen LogP contribution in [0.3, 0.4) is 0 Å². The van der Waals surface area contributed by atoms with Gasteiger partial charge in [-0.2, -0.15) is 0 Å². The minimum absolute atomic E-state index is 0.0363. The van der Waals surface area contributed by atoms with E-state index in [9.17, 15) is 0 Å². The quantitative estimate of drug-likeness (QED) is 0.172. The molecule has 54 heavy (non-hydrogen) atoms. The minimum Gasteiger partial charge on any atom is -0.0622 e. The van der Waals surface area contributed by atoms with E-state index in [4.69, 9.17) is 0 Å². The van der Waals surface area contributed by atoms with Crippen LogP contribution in [-0.2, 0) is 21.7 Å². The SMILES string of the molecule is CC(C)(C)c1cc(-c2cccc3c2-c2cc(C4c5ccc(C(C)(C)C)cc5-c5cc(C(C)(C)C)ccc54)ccc2C3c2ccccc2)cc(C(C)(C)C)c1. The Hall–Kier alpha value is -4.68. The molecule has 0 radical (unpaired) electrons. The summed E-state index contributed by atoms with van der Waals surface area (Å²) in [6.07, 6.45) is 0. The van der Waals surface area contributed by atoms with E-state index in [-0.39, 0.29) is 33.5 Å². The maximum Gasteiger partial charge on any atom is 0.0352 e. The Balaban J connectivity index is 1.38. The fourth-order valence-corrected chi connectivity index (χ4v) is 8.94. The Kier molecular flexibility index (Phi) is 8.35. The lowest BCUT2D eigenvalue weighted by Crippen LogP contribution is -2.16. The zero-order valence-corrected chi connectivity index (χ0v) is 34.7. The summed E-state index contributed by atoms with van der Waals surface area (Å²) in [6, 6.07) is 47.6. The van der Waals surface area contributed by atoms with Crippen molar-refractivity contribution in [2.45, 2.75) is 117 Å². The smallest absolute Gasteiger partial charge is 0.0352 e. The molecule has 0 spiro atoms. The first kappa shape index (κ1) is 36.3. The Morgan fingerprint density at radius 2 is 0.796 bits per heavy atom. The number of benzene rings is 6. The predicted molar refractivity (Wildman–Crippen MR) is 232 cm³/mol. The van der Waals surface area contributed by atoms with Crippen LogP contribution in [0, 0.1) is 0 Å². The highest BCUT2D eigenvalue weighted by Gasteiger charge is 2.36. The van der Waals surface area contributed by atoms with Crippen LogP contribution >= 0.6 is 0 Å². The van der Waals surface area contributed by atoms with Gasteiger partial charge in [-0.25, -0.2) is 0 Å². The van der Waals surface area contributed by atoms with Crippen LogP contribution in [-0.4, -0.2) is 0 Å². The molecule has 0 amide bonds. The highest BCUT2D eigenvalue weighted by atomic mass is 14.4. The summed E-state index contributed by atoms with van der Waals surface area (Å²) < 4.78 is 0. The Morgan fingerprint density at radius 3 is 1.31 bits per heavy atom. The molecule has 0 heteroatoms. The Bertz CT molecular complexity index is 2310. The van der Waals surface area contributed by atoms with Gasteiger partial charge >= 0.3 is 0 Å². The second kappa shape index (κ2) is 12.4.